The number of hydrogen-bond acceptors (Lipinski definition) is 6. The number of aromatic amines is 1. The summed E-state index contributed by atoms with van der Waals surface area (Å²) in [5.74, 6) is 1.07. The smallest absolute Gasteiger partial charge is 0.270 e. The number of nitrogens with zero attached hydrogens (tertiary/aromatic N) is 3. The van der Waals surface area contributed by atoms with Crippen LogP contribution in [0.1, 0.15) is 23.6 Å². The van der Waals surface area contributed by atoms with Crippen molar-refractivity contribution in [3.05, 3.63) is 75.6 Å². The number of rotatable bonds is 4. The molecule has 138 valence electrons. The monoisotopic (exact) mass is 371 g/mol. The molecule has 3 aromatic rings. The van der Waals surface area contributed by atoms with Gasteiger partial charge in [-0.2, -0.15) is 10.4 Å². The van der Waals surface area contributed by atoms with Crippen molar-refractivity contribution in [1.29, 1.82) is 5.26 Å². The minimum absolute atomic E-state index is 0.0338. The number of benzene rings is 2. The Morgan fingerprint density at radius 2 is 2.14 bits per heavy atom. The Hall–Kier alpha value is -3.92. The molecule has 0 fully saturated rings. The van der Waals surface area contributed by atoms with Gasteiger partial charge in [-0.05, 0) is 36.2 Å². The third-order valence-electron chi connectivity index (χ3n) is 4.38. The highest BCUT2D eigenvalue weighted by Crippen LogP contribution is 2.29. The van der Waals surface area contributed by atoms with Crippen molar-refractivity contribution in [2.45, 2.75) is 19.4 Å². The van der Waals surface area contributed by atoms with Crippen LogP contribution in [-0.2, 0) is 6.42 Å². The third kappa shape index (κ3) is 3.48. The molecular weight excluding hydrogens is 354 g/mol. The van der Waals surface area contributed by atoms with Crippen LogP contribution in [0.15, 0.2) is 58.4 Å². The summed E-state index contributed by atoms with van der Waals surface area (Å²) in [7, 11) is 0. The lowest BCUT2D eigenvalue weighted by Crippen LogP contribution is -2.16. The van der Waals surface area contributed by atoms with E-state index in [0.29, 0.717) is 11.3 Å². The molecule has 2 aromatic carbocycles. The first-order valence-electron chi connectivity index (χ1n) is 8.82. The normalized spacial score (nSPS) is 15.1. The Kier molecular flexibility index (Phi) is 4.60. The molecule has 1 aromatic heterocycles. The summed E-state index contributed by atoms with van der Waals surface area (Å²) in [6.07, 6.45) is 2.70. The van der Waals surface area contributed by atoms with E-state index in [9.17, 15) is 10.1 Å². The zero-order chi connectivity index (χ0) is 19.5. The van der Waals surface area contributed by atoms with Gasteiger partial charge in [0.15, 0.2) is 0 Å². The first-order chi connectivity index (χ1) is 13.6. The minimum Gasteiger partial charge on any atom is -0.490 e. The maximum Gasteiger partial charge on any atom is 0.270 e. The van der Waals surface area contributed by atoms with E-state index in [1.807, 2.05) is 49.4 Å². The van der Waals surface area contributed by atoms with Crippen LogP contribution in [-0.4, -0.2) is 22.3 Å². The van der Waals surface area contributed by atoms with Crippen LogP contribution >= 0.6 is 0 Å². The Morgan fingerprint density at radius 1 is 1.32 bits per heavy atom. The third-order valence-corrected chi connectivity index (χ3v) is 4.38. The Balaban J connectivity index is 1.58. The second-order valence-electron chi connectivity index (χ2n) is 6.49. The van der Waals surface area contributed by atoms with E-state index in [1.165, 1.54) is 0 Å². The molecule has 7 nitrogen and oxygen atoms in total. The van der Waals surface area contributed by atoms with Crippen LogP contribution in [0, 0.1) is 11.3 Å². The second kappa shape index (κ2) is 7.37. The molecule has 0 saturated carbocycles. The van der Waals surface area contributed by atoms with Gasteiger partial charge in [0, 0.05) is 12.0 Å². The standard InChI is InChI=1S/C21H17N5O2/c1-13-9-16-10-14(7-8-18(16)28-13)12-23-26-21-24-19(15-5-3-2-4-6-15)17(11-22)20(27)25-21/h2-8,10,12-13H,9H2,1H3,(H2,24,25,26,27). The highest BCUT2D eigenvalue weighted by atomic mass is 16.5. The minimum atomic E-state index is -0.516. The largest absolute Gasteiger partial charge is 0.490 e. The summed E-state index contributed by atoms with van der Waals surface area (Å²) < 4.78 is 5.69. The van der Waals surface area contributed by atoms with Gasteiger partial charge in [0.1, 0.15) is 23.5 Å². The highest BCUT2D eigenvalue weighted by Gasteiger charge is 2.18. The molecule has 0 aliphatic carbocycles. The van der Waals surface area contributed by atoms with Crippen molar-refractivity contribution >= 4 is 12.2 Å². The fourth-order valence-electron chi connectivity index (χ4n) is 3.13. The summed E-state index contributed by atoms with van der Waals surface area (Å²) >= 11 is 0. The van der Waals surface area contributed by atoms with Crippen LogP contribution in [0.4, 0.5) is 5.95 Å². The van der Waals surface area contributed by atoms with Gasteiger partial charge in [-0.3, -0.25) is 9.78 Å². The van der Waals surface area contributed by atoms with E-state index >= 15 is 0 Å². The molecule has 1 aliphatic rings. The molecule has 0 saturated heterocycles. The summed E-state index contributed by atoms with van der Waals surface area (Å²) in [6, 6.07) is 16.9. The number of hydrogen-bond donors (Lipinski definition) is 2. The molecule has 0 spiro atoms. The predicted octanol–water partition coefficient (Wildman–Crippen LogP) is 3.08. The number of nitriles is 1. The van der Waals surface area contributed by atoms with Crippen LogP contribution in [0.25, 0.3) is 11.3 Å². The van der Waals surface area contributed by atoms with Gasteiger partial charge >= 0.3 is 0 Å². The average molecular weight is 371 g/mol. The van der Waals surface area contributed by atoms with Crippen molar-refractivity contribution in [3.63, 3.8) is 0 Å². The molecule has 1 aliphatic heterocycles. The van der Waals surface area contributed by atoms with Crippen molar-refractivity contribution < 1.29 is 4.74 Å². The van der Waals surface area contributed by atoms with Crippen LogP contribution in [0.3, 0.4) is 0 Å². The van der Waals surface area contributed by atoms with E-state index in [2.05, 4.69) is 20.5 Å². The van der Waals surface area contributed by atoms with Gasteiger partial charge in [-0.15, -0.1) is 0 Å². The molecule has 0 bridgehead atoms. The number of aromatic nitrogens is 2. The molecule has 0 radical (unpaired) electrons. The topological polar surface area (TPSA) is 103 Å². The lowest BCUT2D eigenvalue weighted by Gasteiger charge is -2.06. The van der Waals surface area contributed by atoms with E-state index < -0.39 is 5.56 Å². The predicted molar refractivity (Wildman–Crippen MR) is 106 cm³/mol. The molecule has 1 atom stereocenters. The number of anilines is 1. The molecule has 2 heterocycles. The van der Waals surface area contributed by atoms with Gasteiger partial charge in [-0.1, -0.05) is 30.3 Å². The van der Waals surface area contributed by atoms with Crippen molar-refractivity contribution in [2.24, 2.45) is 5.10 Å². The molecule has 1 unspecified atom stereocenters. The maximum absolute atomic E-state index is 12.2. The van der Waals surface area contributed by atoms with E-state index in [1.54, 1.807) is 18.3 Å². The van der Waals surface area contributed by atoms with Gasteiger partial charge in [0.25, 0.3) is 5.56 Å². The second-order valence-corrected chi connectivity index (χ2v) is 6.49. The summed E-state index contributed by atoms with van der Waals surface area (Å²) in [5, 5.41) is 13.5. The average Bonchev–Trinajstić information content (AvgIpc) is 3.07. The van der Waals surface area contributed by atoms with Crippen LogP contribution in [0.5, 0.6) is 5.75 Å². The molecule has 2 N–H and O–H groups in total. The molecule has 0 amide bonds. The number of ether oxygens (including phenoxy) is 1. The Bertz CT molecular complexity index is 1150. The molecular formula is C21H17N5O2. The lowest BCUT2D eigenvalue weighted by atomic mass is 10.1. The Morgan fingerprint density at radius 3 is 2.93 bits per heavy atom. The van der Waals surface area contributed by atoms with E-state index in [0.717, 1.165) is 23.3 Å². The van der Waals surface area contributed by atoms with Crippen molar-refractivity contribution in [2.75, 3.05) is 5.43 Å². The fourth-order valence-corrected chi connectivity index (χ4v) is 3.13. The van der Waals surface area contributed by atoms with E-state index in [-0.39, 0.29) is 17.6 Å². The Labute approximate surface area is 161 Å². The maximum atomic E-state index is 12.2. The molecule has 28 heavy (non-hydrogen) atoms. The summed E-state index contributed by atoms with van der Waals surface area (Å²) in [4.78, 5) is 19.1. The number of fused-ring (bicyclic) bond motifs is 1. The van der Waals surface area contributed by atoms with Gasteiger partial charge in [0.05, 0.1) is 11.9 Å². The van der Waals surface area contributed by atoms with Gasteiger partial charge in [-0.25, -0.2) is 10.4 Å². The quantitative estimate of drug-likeness (QED) is 0.542. The van der Waals surface area contributed by atoms with Gasteiger partial charge < -0.3 is 4.74 Å². The zero-order valence-corrected chi connectivity index (χ0v) is 15.1. The van der Waals surface area contributed by atoms with Crippen molar-refractivity contribution in [3.8, 4) is 23.1 Å². The first kappa shape index (κ1) is 17.5. The summed E-state index contributed by atoms with van der Waals surface area (Å²) in [5.41, 5.74) is 5.23. The molecule has 7 heteroatoms. The fraction of sp³-hybridized carbons (Fsp3) is 0.143. The van der Waals surface area contributed by atoms with Crippen LogP contribution < -0.4 is 15.7 Å². The zero-order valence-electron chi connectivity index (χ0n) is 15.1. The summed E-state index contributed by atoms with van der Waals surface area (Å²) in [6.45, 7) is 2.03. The first-order valence-corrected chi connectivity index (χ1v) is 8.82. The lowest BCUT2D eigenvalue weighted by molar-refractivity contribution is 0.254. The van der Waals surface area contributed by atoms with Gasteiger partial charge in [0.2, 0.25) is 5.95 Å². The SMILES string of the molecule is CC1Cc2cc(C=NNc3nc(-c4ccccc4)c(C#N)c(=O)[nH]3)ccc2O1. The van der Waals surface area contributed by atoms with Crippen LogP contribution in [0.2, 0.25) is 0 Å². The number of H-pyrrole nitrogens is 1. The molecule has 4 rings (SSSR count). The van der Waals surface area contributed by atoms with E-state index in [4.69, 9.17) is 4.74 Å². The van der Waals surface area contributed by atoms with Crippen molar-refractivity contribution in [1.82, 2.24) is 9.97 Å². The number of nitrogens with one attached hydrogen (secondary N) is 2. The highest BCUT2D eigenvalue weighted by molar-refractivity contribution is 5.81. The number of hydrazone groups is 1.